The topological polar surface area (TPSA) is 49.3 Å². The Labute approximate surface area is 118 Å². The fraction of sp³-hybridized carbons (Fsp3) is 0.364. The second-order valence-electron chi connectivity index (χ2n) is 3.50. The Balaban J connectivity index is 2.42. The summed E-state index contributed by atoms with van der Waals surface area (Å²) in [7, 11) is 0. The Morgan fingerprint density at radius 2 is 2.00 bits per heavy atom. The number of unbranched alkanes of at least 4 members (excludes halogenated alkanes) is 1. The lowest BCUT2D eigenvalue weighted by Gasteiger charge is -2.09. The number of carbonyl (C=O) groups is 1. The monoisotopic (exact) mass is 339 g/mol. The molecule has 3 nitrogen and oxygen atoms in total. The lowest BCUT2D eigenvalue weighted by Crippen LogP contribution is -2.03. The summed E-state index contributed by atoms with van der Waals surface area (Å²) >= 11 is 15.3. The molecule has 94 valence electrons. The second-order valence-corrected chi connectivity index (χ2v) is 5.11. The van der Waals surface area contributed by atoms with Gasteiger partial charge in [-0.1, -0.05) is 23.2 Å². The van der Waals surface area contributed by atoms with Crippen molar-refractivity contribution in [2.45, 2.75) is 19.3 Å². The number of hydrogen-bond donors (Lipinski definition) is 2. The summed E-state index contributed by atoms with van der Waals surface area (Å²) in [6.45, 7) is 0.672. The summed E-state index contributed by atoms with van der Waals surface area (Å²) < 4.78 is 0.751. The number of benzene rings is 1. The van der Waals surface area contributed by atoms with Crippen molar-refractivity contribution in [3.63, 3.8) is 0 Å². The van der Waals surface area contributed by atoms with E-state index in [1.807, 2.05) is 12.1 Å². The van der Waals surface area contributed by atoms with Gasteiger partial charge in [-0.25, -0.2) is 0 Å². The van der Waals surface area contributed by atoms with Gasteiger partial charge in [0.2, 0.25) is 0 Å². The highest BCUT2D eigenvalue weighted by atomic mass is 79.9. The largest absolute Gasteiger partial charge is 0.481 e. The molecule has 0 amide bonds. The first-order chi connectivity index (χ1) is 8.02. The van der Waals surface area contributed by atoms with Crippen LogP contribution in [0.1, 0.15) is 19.3 Å². The van der Waals surface area contributed by atoms with Crippen LogP contribution in [-0.2, 0) is 4.79 Å². The average Bonchev–Trinajstić information content (AvgIpc) is 2.28. The van der Waals surface area contributed by atoms with E-state index in [-0.39, 0.29) is 6.42 Å². The molecule has 1 aromatic rings. The van der Waals surface area contributed by atoms with Crippen LogP contribution in [0, 0.1) is 0 Å². The Hall–Kier alpha value is -0.450. The van der Waals surface area contributed by atoms with Gasteiger partial charge in [-0.2, -0.15) is 0 Å². The quantitative estimate of drug-likeness (QED) is 0.595. The molecule has 0 atom stereocenters. The van der Waals surface area contributed by atoms with Crippen LogP contribution in [-0.4, -0.2) is 17.6 Å². The zero-order valence-corrected chi connectivity index (χ0v) is 12.1. The molecule has 1 rings (SSSR count). The molecule has 0 aliphatic carbocycles. The van der Waals surface area contributed by atoms with Crippen molar-refractivity contribution in [1.82, 2.24) is 0 Å². The lowest BCUT2D eigenvalue weighted by molar-refractivity contribution is -0.137. The molecule has 2 N–H and O–H groups in total. The number of nitrogens with one attached hydrogen (secondary N) is 1. The molecular weight excluding hydrogens is 329 g/mol. The van der Waals surface area contributed by atoms with Crippen LogP contribution in [0.25, 0.3) is 0 Å². The molecule has 6 heteroatoms. The molecule has 0 aliphatic rings. The number of rotatable bonds is 6. The van der Waals surface area contributed by atoms with Gasteiger partial charge in [0, 0.05) is 17.4 Å². The van der Waals surface area contributed by atoms with Crippen LogP contribution in [0.2, 0.25) is 10.0 Å². The Bertz CT molecular complexity index is 413. The van der Waals surface area contributed by atoms with Gasteiger partial charge < -0.3 is 10.4 Å². The fourth-order valence-electron chi connectivity index (χ4n) is 1.29. The van der Waals surface area contributed by atoms with E-state index >= 15 is 0 Å². The van der Waals surface area contributed by atoms with E-state index in [1.165, 1.54) is 0 Å². The first-order valence-corrected chi connectivity index (χ1v) is 6.66. The van der Waals surface area contributed by atoms with Gasteiger partial charge in [0.25, 0.3) is 0 Å². The fourth-order valence-corrected chi connectivity index (χ4v) is 2.13. The van der Waals surface area contributed by atoms with Gasteiger partial charge in [0.15, 0.2) is 0 Å². The summed E-state index contributed by atoms with van der Waals surface area (Å²) in [5, 5.41) is 12.5. The van der Waals surface area contributed by atoms with Crippen molar-refractivity contribution in [1.29, 1.82) is 0 Å². The molecular formula is C11H12BrCl2NO2. The average molecular weight is 341 g/mol. The molecule has 0 saturated carbocycles. The highest BCUT2D eigenvalue weighted by Crippen LogP contribution is 2.35. The van der Waals surface area contributed by atoms with E-state index in [9.17, 15) is 4.79 Å². The normalized spacial score (nSPS) is 10.3. The van der Waals surface area contributed by atoms with Gasteiger partial charge >= 0.3 is 5.97 Å². The molecule has 0 aliphatic heterocycles. The van der Waals surface area contributed by atoms with E-state index in [0.29, 0.717) is 23.0 Å². The minimum Gasteiger partial charge on any atom is -0.481 e. The Morgan fingerprint density at radius 1 is 1.29 bits per heavy atom. The molecule has 0 spiro atoms. The first-order valence-electron chi connectivity index (χ1n) is 5.11. The van der Waals surface area contributed by atoms with Crippen molar-refractivity contribution in [3.05, 3.63) is 26.7 Å². The number of carboxylic acid groups (broad SMARTS) is 1. The maximum Gasteiger partial charge on any atom is 0.303 e. The minimum atomic E-state index is -0.769. The minimum absolute atomic E-state index is 0.191. The van der Waals surface area contributed by atoms with Crippen molar-refractivity contribution in [2.24, 2.45) is 0 Å². The number of halogens is 3. The van der Waals surface area contributed by atoms with Crippen molar-refractivity contribution in [2.75, 3.05) is 11.9 Å². The molecule has 0 bridgehead atoms. The highest BCUT2D eigenvalue weighted by molar-refractivity contribution is 9.10. The van der Waals surface area contributed by atoms with Gasteiger partial charge in [0.1, 0.15) is 0 Å². The molecule has 0 heterocycles. The van der Waals surface area contributed by atoms with Crippen molar-refractivity contribution < 1.29 is 9.90 Å². The predicted octanol–water partition coefficient (Wildman–Crippen LogP) is 4.42. The third kappa shape index (κ3) is 4.74. The van der Waals surface area contributed by atoms with E-state index in [2.05, 4.69) is 21.2 Å². The van der Waals surface area contributed by atoms with Crippen LogP contribution in [0.4, 0.5) is 5.69 Å². The maximum absolute atomic E-state index is 10.3. The smallest absolute Gasteiger partial charge is 0.303 e. The molecule has 0 aromatic heterocycles. The number of anilines is 1. The summed E-state index contributed by atoms with van der Waals surface area (Å²) in [6.07, 6.45) is 1.61. The van der Waals surface area contributed by atoms with E-state index in [4.69, 9.17) is 28.3 Å². The SMILES string of the molecule is O=C(O)CCCCNc1ccc(Br)c(Cl)c1Cl. The van der Waals surface area contributed by atoms with E-state index in [1.54, 1.807) is 0 Å². The molecule has 0 radical (unpaired) electrons. The van der Waals surface area contributed by atoms with Gasteiger partial charge in [-0.15, -0.1) is 0 Å². The third-order valence-corrected chi connectivity index (χ3v) is 3.94. The molecule has 17 heavy (non-hydrogen) atoms. The molecule has 0 saturated heterocycles. The number of carboxylic acids is 1. The van der Waals surface area contributed by atoms with Crippen LogP contribution in [0.3, 0.4) is 0 Å². The van der Waals surface area contributed by atoms with Crippen LogP contribution < -0.4 is 5.32 Å². The van der Waals surface area contributed by atoms with Gasteiger partial charge in [-0.05, 0) is 40.9 Å². The third-order valence-electron chi connectivity index (χ3n) is 2.17. The second kappa shape index (κ2) is 7.09. The number of hydrogen-bond acceptors (Lipinski definition) is 2. The highest BCUT2D eigenvalue weighted by Gasteiger charge is 2.07. The van der Waals surface area contributed by atoms with Crippen LogP contribution >= 0.6 is 39.1 Å². The van der Waals surface area contributed by atoms with Crippen molar-refractivity contribution >= 4 is 50.8 Å². The summed E-state index contributed by atoms with van der Waals surface area (Å²) in [4.78, 5) is 10.3. The van der Waals surface area contributed by atoms with Gasteiger partial charge in [0.05, 0.1) is 15.7 Å². The Morgan fingerprint density at radius 3 is 2.65 bits per heavy atom. The molecule has 1 aromatic carbocycles. The molecule has 0 unspecified atom stereocenters. The predicted molar refractivity (Wildman–Crippen MR) is 74.1 cm³/mol. The van der Waals surface area contributed by atoms with Crippen molar-refractivity contribution in [3.8, 4) is 0 Å². The van der Waals surface area contributed by atoms with Gasteiger partial charge in [-0.3, -0.25) is 4.79 Å². The zero-order valence-electron chi connectivity index (χ0n) is 8.97. The Kier molecular flexibility index (Phi) is 6.09. The summed E-state index contributed by atoms with van der Waals surface area (Å²) in [5.41, 5.74) is 0.759. The van der Waals surface area contributed by atoms with Crippen LogP contribution in [0.5, 0.6) is 0 Å². The van der Waals surface area contributed by atoms with E-state index in [0.717, 1.165) is 16.6 Å². The standard InChI is InChI=1S/C11H12BrCl2NO2/c12-7-4-5-8(11(14)10(7)13)15-6-2-1-3-9(16)17/h4-5,15H,1-3,6H2,(H,16,17). The summed E-state index contributed by atoms with van der Waals surface area (Å²) in [5.74, 6) is -0.769. The van der Waals surface area contributed by atoms with Crippen LogP contribution in [0.15, 0.2) is 16.6 Å². The number of aliphatic carboxylic acids is 1. The summed E-state index contributed by atoms with van der Waals surface area (Å²) in [6, 6.07) is 3.64. The van der Waals surface area contributed by atoms with E-state index < -0.39 is 5.97 Å². The lowest BCUT2D eigenvalue weighted by atomic mass is 10.2. The zero-order chi connectivity index (χ0) is 12.8. The maximum atomic E-state index is 10.3. The molecule has 0 fully saturated rings. The first kappa shape index (κ1) is 14.6.